The fraction of sp³-hybridized carbons (Fsp3) is 0.345. The number of H-pyrrole nitrogens is 1. The van der Waals surface area contributed by atoms with Gasteiger partial charge in [0.05, 0.1) is 5.70 Å². The third-order valence-electron chi connectivity index (χ3n) is 7.06. The predicted octanol–water partition coefficient (Wildman–Crippen LogP) is 3.90. The van der Waals surface area contributed by atoms with Crippen LogP contribution in [-0.2, 0) is 11.3 Å². The number of hydrogen-bond donors (Lipinski definition) is 3. The first kappa shape index (κ1) is 27.8. The highest BCUT2D eigenvalue weighted by Gasteiger charge is 2.48. The van der Waals surface area contributed by atoms with E-state index in [1.54, 1.807) is 13.8 Å². The Kier molecular flexibility index (Phi) is 7.26. The van der Waals surface area contributed by atoms with Gasteiger partial charge in [-0.3, -0.25) is 0 Å². The van der Waals surface area contributed by atoms with Gasteiger partial charge in [0.25, 0.3) is 0 Å². The van der Waals surface area contributed by atoms with Crippen molar-refractivity contribution in [1.82, 2.24) is 30.8 Å². The van der Waals surface area contributed by atoms with Crippen molar-refractivity contribution in [3.05, 3.63) is 81.9 Å². The second-order valence-corrected chi connectivity index (χ2v) is 10.7. The molecular formula is C29H32N6O6. The van der Waals surface area contributed by atoms with Crippen molar-refractivity contribution >= 4 is 5.97 Å². The average molecular weight is 561 g/mol. The van der Waals surface area contributed by atoms with E-state index in [9.17, 15) is 14.7 Å². The van der Waals surface area contributed by atoms with Gasteiger partial charge in [-0.05, 0) is 54.3 Å². The maximum atomic E-state index is 13.6. The van der Waals surface area contributed by atoms with Crippen LogP contribution in [0.25, 0.3) is 22.5 Å². The Labute approximate surface area is 236 Å². The maximum absolute atomic E-state index is 13.6. The number of carbonyl (C=O) groups excluding carboxylic acids is 1. The van der Waals surface area contributed by atoms with Gasteiger partial charge in [-0.2, -0.15) is 0 Å². The lowest BCUT2D eigenvalue weighted by atomic mass is 9.98. The lowest BCUT2D eigenvalue weighted by Crippen LogP contribution is -2.51. The molecule has 0 amide bonds. The molecule has 0 fully saturated rings. The first-order valence-corrected chi connectivity index (χ1v) is 13.3. The van der Waals surface area contributed by atoms with Crippen LogP contribution >= 0.6 is 0 Å². The van der Waals surface area contributed by atoms with E-state index in [1.165, 1.54) is 6.92 Å². The van der Waals surface area contributed by atoms with E-state index in [0.29, 0.717) is 24.5 Å². The minimum atomic E-state index is -1.40. The standard InChI is InChI=1S/C29H32N6O6/c1-6-15-29(5)30-23(28(3,4)38)22(25(36)40-26-17(2)39-27(37)41-26)35(29)16-18-11-13-19(14-12-18)20-9-7-8-10-21(20)24-31-33-34-32-24/h7-14,30,38H,6,15-16H2,1-5H3,(H,31,32,33,34). The van der Waals surface area contributed by atoms with Crippen LogP contribution in [0, 0.1) is 6.92 Å². The number of aromatic nitrogens is 4. The SMILES string of the molecule is CCCC1(C)NC(C(C)(C)O)=C(C(=O)Oc2oc(=O)oc2C)N1Cc1ccc(-c2ccccc2-c2nnn[nH]2)cc1. The monoisotopic (exact) mass is 560 g/mol. The second-order valence-electron chi connectivity index (χ2n) is 10.7. The Morgan fingerprint density at radius 1 is 1.12 bits per heavy atom. The molecule has 12 heteroatoms. The molecule has 0 aliphatic carbocycles. The van der Waals surface area contributed by atoms with Crippen molar-refractivity contribution in [1.29, 1.82) is 0 Å². The van der Waals surface area contributed by atoms with Gasteiger partial charge < -0.3 is 28.9 Å². The molecule has 214 valence electrons. The Balaban J connectivity index is 1.50. The first-order valence-electron chi connectivity index (χ1n) is 13.3. The minimum Gasteiger partial charge on any atom is -0.392 e. The van der Waals surface area contributed by atoms with Crippen molar-refractivity contribution in [2.24, 2.45) is 0 Å². The topological polar surface area (TPSA) is 160 Å². The number of esters is 1. The summed E-state index contributed by atoms with van der Waals surface area (Å²) in [6, 6.07) is 15.8. The smallest absolute Gasteiger partial charge is 0.392 e. The van der Waals surface area contributed by atoms with Gasteiger partial charge in [0.1, 0.15) is 17.0 Å². The Hall–Kier alpha value is -4.71. The largest absolute Gasteiger partial charge is 0.521 e. The highest BCUT2D eigenvalue weighted by molar-refractivity contribution is 5.91. The van der Waals surface area contributed by atoms with E-state index < -0.39 is 23.1 Å². The summed E-state index contributed by atoms with van der Waals surface area (Å²) in [7, 11) is 0. The molecule has 3 heterocycles. The Bertz CT molecular complexity index is 1630. The molecule has 2 aromatic heterocycles. The molecule has 1 atom stereocenters. The van der Waals surface area contributed by atoms with Crippen molar-refractivity contribution in [2.75, 3.05) is 0 Å². The van der Waals surface area contributed by atoms with Gasteiger partial charge in [-0.15, -0.1) is 5.10 Å². The quantitative estimate of drug-likeness (QED) is 0.255. The van der Waals surface area contributed by atoms with Crippen LogP contribution in [0.3, 0.4) is 0 Å². The molecule has 2 aromatic carbocycles. The van der Waals surface area contributed by atoms with Crippen molar-refractivity contribution < 1.29 is 23.5 Å². The van der Waals surface area contributed by atoms with Crippen LogP contribution in [0.1, 0.15) is 51.9 Å². The third-order valence-corrected chi connectivity index (χ3v) is 7.06. The molecule has 0 radical (unpaired) electrons. The van der Waals surface area contributed by atoms with Gasteiger partial charge in [-0.25, -0.2) is 14.7 Å². The van der Waals surface area contributed by atoms with Crippen LogP contribution in [0.4, 0.5) is 0 Å². The molecule has 1 unspecified atom stereocenters. The van der Waals surface area contributed by atoms with Gasteiger partial charge in [0.15, 0.2) is 11.6 Å². The lowest BCUT2D eigenvalue weighted by Gasteiger charge is -2.38. The number of tetrazole rings is 1. The highest BCUT2D eigenvalue weighted by Crippen LogP contribution is 2.39. The van der Waals surface area contributed by atoms with Crippen LogP contribution in [0.2, 0.25) is 0 Å². The van der Waals surface area contributed by atoms with Gasteiger partial charge in [-0.1, -0.05) is 61.9 Å². The zero-order chi connectivity index (χ0) is 29.4. The molecular weight excluding hydrogens is 528 g/mol. The number of aliphatic hydroxyl groups is 1. The van der Waals surface area contributed by atoms with E-state index in [-0.39, 0.29) is 17.4 Å². The molecule has 3 N–H and O–H groups in total. The van der Waals surface area contributed by atoms with E-state index >= 15 is 0 Å². The fourth-order valence-electron chi connectivity index (χ4n) is 5.12. The van der Waals surface area contributed by atoms with Crippen molar-refractivity contribution in [3.8, 4) is 28.5 Å². The molecule has 0 bridgehead atoms. The maximum Gasteiger partial charge on any atom is 0.521 e. The Morgan fingerprint density at radius 3 is 2.41 bits per heavy atom. The summed E-state index contributed by atoms with van der Waals surface area (Å²) in [6.07, 6.45) is 1.48. The molecule has 4 aromatic rings. The minimum absolute atomic E-state index is 0.0413. The highest BCUT2D eigenvalue weighted by atomic mass is 16.7. The van der Waals surface area contributed by atoms with Crippen molar-refractivity contribution in [2.45, 2.75) is 65.3 Å². The van der Waals surface area contributed by atoms with Gasteiger partial charge in [0, 0.05) is 19.0 Å². The number of carbonyl (C=O) groups is 1. The number of nitrogens with zero attached hydrogens (tertiary/aromatic N) is 4. The average Bonchev–Trinajstić information content (AvgIpc) is 3.63. The normalized spacial score (nSPS) is 17.2. The summed E-state index contributed by atoms with van der Waals surface area (Å²) in [6.45, 7) is 9.00. The summed E-state index contributed by atoms with van der Waals surface area (Å²) in [4.78, 5) is 27.0. The molecule has 1 aliphatic rings. The fourth-order valence-corrected chi connectivity index (χ4v) is 5.12. The van der Waals surface area contributed by atoms with Crippen LogP contribution < -0.4 is 15.9 Å². The number of rotatable bonds is 9. The summed E-state index contributed by atoms with van der Waals surface area (Å²) in [5.41, 5.74) is 2.06. The number of ether oxygens (including phenoxy) is 1. The molecule has 41 heavy (non-hydrogen) atoms. The lowest BCUT2D eigenvalue weighted by molar-refractivity contribution is -0.134. The van der Waals surface area contributed by atoms with Crippen LogP contribution in [0.5, 0.6) is 5.95 Å². The third kappa shape index (κ3) is 5.50. The number of aromatic amines is 1. The van der Waals surface area contributed by atoms with E-state index in [2.05, 4.69) is 25.9 Å². The molecule has 1 aliphatic heterocycles. The number of nitrogens with one attached hydrogen (secondary N) is 2. The predicted molar refractivity (Wildman–Crippen MR) is 148 cm³/mol. The second kappa shape index (κ2) is 10.7. The van der Waals surface area contributed by atoms with E-state index in [4.69, 9.17) is 13.6 Å². The summed E-state index contributed by atoms with van der Waals surface area (Å²) in [5.74, 6) is -1.47. The molecule has 12 nitrogen and oxygen atoms in total. The molecule has 0 saturated carbocycles. The molecule has 5 rings (SSSR count). The van der Waals surface area contributed by atoms with Crippen LogP contribution in [-0.4, -0.2) is 47.9 Å². The molecule has 0 spiro atoms. The van der Waals surface area contributed by atoms with Gasteiger partial charge in [0.2, 0.25) is 0 Å². The van der Waals surface area contributed by atoms with Crippen LogP contribution in [0.15, 0.2) is 73.6 Å². The number of benzene rings is 2. The first-order chi connectivity index (χ1) is 19.5. The van der Waals surface area contributed by atoms with E-state index in [0.717, 1.165) is 28.7 Å². The molecule has 0 saturated heterocycles. The number of aryl methyl sites for hydroxylation is 1. The summed E-state index contributed by atoms with van der Waals surface area (Å²) >= 11 is 0. The zero-order valence-electron chi connectivity index (χ0n) is 23.5. The summed E-state index contributed by atoms with van der Waals surface area (Å²) < 4.78 is 15.2. The van der Waals surface area contributed by atoms with Crippen molar-refractivity contribution in [3.63, 3.8) is 0 Å². The number of hydrogen-bond acceptors (Lipinski definition) is 11. The Morgan fingerprint density at radius 2 is 1.83 bits per heavy atom. The van der Waals surface area contributed by atoms with E-state index in [1.807, 2.05) is 67.3 Å². The zero-order valence-corrected chi connectivity index (χ0v) is 23.5. The summed E-state index contributed by atoms with van der Waals surface area (Å²) in [5, 5.41) is 28.7. The van der Waals surface area contributed by atoms with Gasteiger partial charge >= 0.3 is 17.7 Å².